The van der Waals surface area contributed by atoms with Crippen LogP contribution < -0.4 is 5.32 Å². The lowest BCUT2D eigenvalue weighted by atomic mass is 10.3. The number of aromatic nitrogens is 2. The van der Waals surface area contributed by atoms with Crippen LogP contribution in [0.1, 0.15) is 19.0 Å². The molecule has 1 N–H and O–H groups in total. The van der Waals surface area contributed by atoms with E-state index in [0.717, 1.165) is 34.8 Å². The number of anilines is 2. The summed E-state index contributed by atoms with van der Waals surface area (Å²) >= 11 is 9.58. The fraction of sp³-hybridized carbons (Fsp3) is 0.308. The first-order valence-electron chi connectivity index (χ1n) is 5.86. The second-order valence-electron chi connectivity index (χ2n) is 4.15. The highest BCUT2D eigenvalue weighted by atomic mass is 79.9. The van der Waals surface area contributed by atoms with Gasteiger partial charge in [0.05, 0.1) is 16.4 Å². The summed E-state index contributed by atoms with van der Waals surface area (Å²) < 4.78 is 3.07. The minimum absolute atomic E-state index is 0.674. The maximum absolute atomic E-state index is 6.19. The van der Waals surface area contributed by atoms with Crippen LogP contribution in [-0.4, -0.2) is 9.55 Å². The standard InChI is InChI=1S/C13H15BrClN3/c1-3-6-18-8-9(2)16-13(18)17-12-5-4-10(14)7-11(12)15/h4-5,7-8H,3,6H2,1-2H3,(H,16,17). The maximum atomic E-state index is 6.19. The highest BCUT2D eigenvalue weighted by Gasteiger charge is 2.07. The van der Waals surface area contributed by atoms with Gasteiger partial charge in [0.15, 0.2) is 0 Å². The zero-order valence-electron chi connectivity index (χ0n) is 10.4. The van der Waals surface area contributed by atoms with Crippen LogP contribution in [0.25, 0.3) is 0 Å². The summed E-state index contributed by atoms with van der Waals surface area (Å²) in [5.41, 5.74) is 1.86. The van der Waals surface area contributed by atoms with Crippen molar-refractivity contribution in [3.05, 3.63) is 39.6 Å². The molecule has 0 aliphatic carbocycles. The number of halogens is 2. The molecule has 0 fully saturated rings. The number of hydrogen-bond donors (Lipinski definition) is 1. The van der Waals surface area contributed by atoms with Crippen molar-refractivity contribution in [2.45, 2.75) is 26.8 Å². The van der Waals surface area contributed by atoms with Crippen LogP contribution in [0.15, 0.2) is 28.9 Å². The van der Waals surface area contributed by atoms with Crippen LogP contribution in [-0.2, 0) is 6.54 Å². The van der Waals surface area contributed by atoms with Gasteiger partial charge in [0, 0.05) is 17.2 Å². The minimum Gasteiger partial charge on any atom is -0.324 e. The van der Waals surface area contributed by atoms with Gasteiger partial charge in [-0.05, 0) is 31.5 Å². The molecule has 0 atom stereocenters. The second kappa shape index (κ2) is 5.76. The van der Waals surface area contributed by atoms with Crippen molar-refractivity contribution in [3.63, 3.8) is 0 Å². The van der Waals surface area contributed by atoms with Gasteiger partial charge < -0.3 is 9.88 Å². The molecule has 5 heteroatoms. The van der Waals surface area contributed by atoms with Crippen LogP contribution in [0.5, 0.6) is 0 Å². The number of benzene rings is 1. The van der Waals surface area contributed by atoms with E-state index in [9.17, 15) is 0 Å². The second-order valence-corrected chi connectivity index (χ2v) is 5.47. The van der Waals surface area contributed by atoms with Gasteiger partial charge in [0.25, 0.3) is 0 Å². The molecule has 18 heavy (non-hydrogen) atoms. The van der Waals surface area contributed by atoms with Gasteiger partial charge in [-0.25, -0.2) is 4.98 Å². The molecule has 0 radical (unpaired) electrons. The van der Waals surface area contributed by atoms with E-state index in [0.29, 0.717) is 5.02 Å². The Morgan fingerprint density at radius 3 is 2.89 bits per heavy atom. The van der Waals surface area contributed by atoms with Gasteiger partial charge >= 0.3 is 0 Å². The number of hydrogen-bond acceptors (Lipinski definition) is 2. The summed E-state index contributed by atoms with van der Waals surface area (Å²) in [6, 6.07) is 5.75. The van der Waals surface area contributed by atoms with Gasteiger partial charge in [-0.1, -0.05) is 34.5 Å². The molecule has 2 aromatic rings. The molecule has 0 aliphatic rings. The highest BCUT2D eigenvalue weighted by molar-refractivity contribution is 9.10. The van der Waals surface area contributed by atoms with Crippen molar-refractivity contribution < 1.29 is 0 Å². The lowest BCUT2D eigenvalue weighted by Crippen LogP contribution is -2.03. The van der Waals surface area contributed by atoms with E-state index in [1.807, 2.05) is 31.3 Å². The van der Waals surface area contributed by atoms with E-state index in [2.05, 4.69) is 37.7 Å². The van der Waals surface area contributed by atoms with Crippen LogP contribution in [0.3, 0.4) is 0 Å². The topological polar surface area (TPSA) is 29.9 Å². The third kappa shape index (κ3) is 3.06. The molecule has 0 amide bonds. The molecular weight excluding hydrogens is 314 g/mol. The monoisotopic (exact) mass is 327 g/mol. The normalized spacial score (nSPS) is 10.7. The smallest absolute Gasteiger partial charge is 0.207 e. The van der Waals surface area contributed by atoms with Crippen LogP contribution in [0, 0.1) is 6.92 Å². The summed E-state index contributed by atoms with van der Waals surface area (Å²) in [6.07, 6.45) is 3.11. The Balaban J connectivity index is 2.27. The molecule has 0 spiro atoms. The molecule has 1 aromatic heterocycles. The van der Waals surface area contributed by atoms with Crippen molar-refractivity contribution in [2.75, 3.05) is 5.32 Å². The number of nitrogens with zero attached hydrogens (tertiary/aromatic N) is 2. The third-order valence-corrected chi connectivity index (χ3v) is 3.35. The predicted octanol–water partition coefficient (Wildman–Crippen LogP) is 4.76. The largest absolute Gasteiger partial charge is 0.324 e. The van der Waals surface area contributed by atoms with Gasteiger partial charge in [-0.3, -0.25) is 0 Å². The minimum atomic E-state index is 0.674. The van der Waals surface area contributed by atoms with Gasteiger partial charge in [-0.15, -0.1) is 0 Å². The van der Waals surface area contributed by atoms with Gasteiger partial charge in [0.2, 0.25) is 5.95 Å². The van der Waals surface area contributed by atoms with Crippen molar-refractivity contribution in [3.8, 4) is 0 Å². The first-order valence-corrected chi connectivity index (χ1v) is 7.03. The van der Waals surface area contributed by atoms with Crippen LogP contribution >= 0.6 is 27.5 Å². The number of nitrogens with one attached hydrogen (secondary N) is 1. The molecule has 0 bridgehead atoms. The summed E-state index contributed by atoms with van der Waals surface area (Å²) in [4.78, 5) is 4.47. The van der Waals surface area contributed by atoms with Gasteiger partial charge in [0.1, 0.15) is 0 Å². The van der Waals surface area contributed by atoms with E-state index < -0.39 is 0 Å². The molecule has 1 aromatic carbocycles. The first kappa shape index (κ1) is 13.4. The Morgan fingerprint density at radius 2 is 2.22 bits per heavy atom. The summed E-state index contributed by atoms with van der Waals surface area (Å²) in [7, 11) is 0. The summed E-state index contributed by atoms with van der Waals surface area (Å²) in [5, 5.41) is 3.95. The Kier molecular flexibility index (Phi) is 4.30. The predicted molar refractivity (Wildman–Crippen MR) is 79.7 cm³/mol. The lowest BCUT2D eigenvalue weighted by molar-refractivity contribution is 0.686. The fourth-order valence-electron chi connectivity index (χ4n) is 1.77. The molecule has 96 valence electrons. The Labute approximate surface area is 120 Å². The van der Waals surface area contributed by atoms with E-state index in [4.69, 9.17) is 11.6 Å². The third-order valence-electron chi connectivity index (χ3n) is 2.54. The zero-order valence-corrected chi connectivity index (χ0v) is 12.7. The summed E-state index contributed by atoms with van der Waals surface area (Å²) in [6.45, 7) is 5.07. The highest BCUT2D eigenvalue weighted by Crippen LogP contribution is 2.28. The van der Waals surface area contributed by atoms with Gasteiger partial charge in [-0.2, -0.15) is 0 Å². The number of aryl methyl sites for hydroxylation is 2. The Morgan fingerprint density at radius 1 is 1.44 bits per heavy atom. The lowest BCUT2D eigenvalue weighted by Gasteiger charge is -2.10. The molecule has 0 unspecified atom stereocenters. The van der Waals surface area contributed by atoms with E-state index in [1.165, 1.54) is 0 Å². The first-order chi connectivity index (χ1) is 8.60. The van der Waals surface area contributed by atoms with Crippen LogP contribution in [0.4, 0.5) is 11.6 Å². The Hall–Kier alpha value is -1.000. The molecular formula is C13H15BrClN3. The molecule has 0 saturated heterocycles. The molecule has 2 rings (SSSR count). The average Bonchev–Trinajstić information content (AvgIpc) is 2.64. The molecule has 1 heterocycles. The van der Waals surface area contributed by atoms with Crippen molar-refractivity contribution in [1.29, 1.82) is 0 Å². The van der Waals surface area contributed by atoms with E-state index in [-0.39, 0.29) is 0 Å². The van der Waals surface area contributed by atoms with E-state index >= 15 is 0 Å². The van der Waals surface area contributed by atoms with Crippen molar-refractivity contribution in [1.82, 2.24) is 9.55 Å². The van der Waals surface area contributed by atoms with Crippen LogP contribution in [0.2, 0.25) is 5.02 Å². The fourth-order valence-corrected chi connectivity index (χ4v) is 2.49. The van der Waals surface area contributed by atoms with Crippen molar-refractivity contribution in [2.24, 2.45) is 0 Å². The maximum Gasteiger partial charge on any atom is 0.207 e. The SMILES string of the molecule is CCCn1cc(C)nc1Nc1ccc(Br)cc1Cl. The quantitative estimate of drug-likeness (QED) is 0.877. The zero-order chi connectivity index (χ0) is 13.1. The number of imidazole rings is 1. The van der Waals surface area contributed by atoms with E-state index in [1.54, 1.807) is 0 Å². The number of rotatable bonds is 4. The molecule has 0 saturated carbocycles. The molecule has 3 nitrogen and oxygen atoms in total. The molecule has 0 aliphatic heterocycles. The Bertz CT molecular complexity index is 551. The van der Waals surface area contributed by atoms with Crippen molar-refractivity contribution >= 4 is 39.2 Å². The summed E-state index contributed by atoms with van der Waals surface area (Å²) in [5.74, 6) is 0.832. The average molecular weight is 329 g/mol.